The third kappa shape index (κ3) is 4.01. The van der Waals surface area contributed by atoms with Crippen molar-refractivity contribution in [1.82, 2.24) is 25.1 Å². The summed E-state index contributed by atoms with van der Waals surface area (Å²) < 4.78 is 2.11. The van der Waals surface area contributed by atoms with Crippen molar-refractivity contribution in [2.75, 3.05) is 0 Å². The number of H-pyrrole nitrogens is 1. The number of aromatic nitrogens is 4. The van der Waals surface area contributed by atoms with Crippen LogP contribution in [0.5, 0.6) is 0 Å². The van der Waals surface area contributed by atoms with E-state index in [1.54, 1.807) is 6.07 Å². The van der Waals surface area contributed by atoms with Gasteiger partial charge in [-0.2, -0.15) is 5.10 Å². The molecule has 0 spiro atoms. The molecule has 2 heterocycles. The fourth-order valence-electron chi connectivity index (χ4n) is 2.80. The largest absolute Gasteiger partial charge is 0.347 e. The Balaban J connectivity index is 1.45. The number of carbonyl (C=O) groups is 1. The van der Waals surface area contributed by atoms with Crippen molar-refractivity contribution >= 4 is 32.9 Å². The minimum atomic E-state index is -0.334. The molecule has 0 aliphatic heterocycles. The van der Waals surface area contributed by atoms with E-state index in [9.17, 15) is 9.59 Å². The van der Waals surface area contributed by atoms with Gasteiger partial charge in [0.15, 0.2) is 0 Å². The molecule has 0 saturated carbocycles. The standard InChI is InChI=1S/C20H16BrN5O2/c21-14-7-5-13(6-8-14)15-9-10-20(28)26(25-15)12-19(27)22-11-18-23-16-3-1-2-4-17(16)24-18/h1-10H,11-12H2,(H,22,27)(H,23,24). The number of halogens is 1. The summed E-state index contributed by atoms with van der Waals surface area (Å²) >= 11 is 3.39. The Hall–Kier alpha value is -3.26. The van der Waals surface area contributed by atoms with E-state index < -0.39 is 0 Å². The molecule has 2 N–H and O–H groups in total. The Morgan fingerprint density at radius 1 is 1.07 bits per heavy atom. The van der Waals surface area contributed by atoms with Crippen LogP contribution in [0.15, 0.2) is 69.9 Å². The molecule has 0 unspecified atom stereocenters. The van der Waals surface area contributed by atoms with Crippen LogP contribution in [0.25, 0.3) is 22.3 Å². The van der Waals surface area contributed by atoms with Crippen LogP contribution in [-0.2, 0) is 17.9 Å². The molecule has 4 aromatic rings. The van der Waals surface area contributed by atoms with Gasteiger partial charge >= 0.3 is 0 Å². The first-order valence-corrected chi connectivity index (χ1v) is 9.42. The molecule has 7 nitrogen and oxygen atoms in total. The van der Waals surface area contributed by atoms with E-state index >= 15 is 0 Å². The van der Waals surface area contributed by atoms with Gasteiger partial charge in [0.25, 0.3) is 5.56 Å². The zero-order valence-electron chi connectivity index (χ0n) is 14.7. The topological polar surface area (TPSA) is 92.7 Å². The average molecular weight is 438 g/mol. The van der Waals surface area contributed by atoms with Crippen molar-refractivity contribution in [3.8, 4) is 11.3 Å². The molecule has 140 valence electrons. The van der Waals surface area contributed by atoms with Crippen LogP contribution < -0.4 is 10.9 Å². The van der Waals surface area contributed by atoms with Gasteiger partial charge in [-0.3, -0.25) is 9.59 Å². The van der Waals surface area contributed by atoms with Gasteiger partial charge in [-0.25, -0.2) is 9.67 Å². The van der Waals surface area contributed by atoms with E-state index in [0.29, 0.717) is 11.5 Å². The Kier molecular flexibility index (Phi) is 5.03. The molecule has 2 aromatic heterocycles. The number of benzene rings is 2. The number of carbonyl (C=O) groups excluding carboxylic acids is 1. The smallest absolute Gasteiger partial charge is 0.267 e. The monoisotopic (exact) mass is 437 g/mol. The molecule has 0 aliphatic rings. The fraction of sp³-hybridized carbons (Fsp3) is 0.100. The maximum absolute atomic E-state index is 12.3. The number of rotatable bonds is 5. The second-order valence-electron chi connectivity index (χ2n) is 6.20. The first kappa shape index (κ1) is 18.1. The maximum Gasteiger partial charge on any atom is 0.267 e. The minimum absolute atomic E-state index is 0.163. The number of nitrogens with one attached hydrogen (secondary N) is 2. The summed E-state index contributed by atoms with van der Waals surface area (Å²) in [6.07, 6.45) is 0. The van der Waals surface area contributed by atoms with Crippen LogP contribution in [0.1, 0.15) is 5.82 Å². The molecule has 0 atom stereocenters. The molecule has 1 amide bonds. The van der Waals surface area contributed by atoms with Gasteiger partial charge in [-0.05, 0) is 30.3 Å². The van der Waals surface area contributed by atoms with Crippen molar-refractivity contribution in [3.05, 3.63) is 81.3 Å². The summed E-state index contributed by atoms with van der Waals surface area (Å²) in [4.78, 5) is 31.9. The minimum Gasteiger partial charge on any atom is -0.347 e. The van der Waals surface area contributed by atoms with E-state index in [4.69, 9.17) is 0 Å². The van der Waals surface area contributed by atoms with Crippen LogP contribution in [0, 0.1) is 0 Å². The number of amides is 1. The van der Waals surface area contributed by atoms with Crippen molar-refractivity contribution in [2.24, 2.45) is 0 Å². The summed E-state index contributed by atoms with van der Waals surface area (Å²) in [7, 11) is 0. The van der Waals surface area contributed by atoms with Crippen LogP contribution in [0.4, 0.5) is 0 Å². The van der Waals surface area contributed by atoms with Gasteiger partial charge < -0.3 is 10.3 Å². The van der Waals surface area contributed by atoms with Crippen molar-refractivity contribution in [1.29, 1.82) is 0 Å². The van der Waals surface area contributed by atoms with Crippen LogP contribution >= 0.6 is 15.9 Å². The lowest BCUT2D eigenvalue weighted by molar-refractivity contribution is -0.122. The molecule has 0 fully saturated rings. The molecule has 8 heteroatoms. The van der Waals surface area contributed by atoms with Crippen molar-refractivity contribution in [2.45, 2.75) is 13.1 Å². The number of hydrogen-bond donors (Lipinski definition) is 2. The summed E-state index contributed by atoms with van der Waals surface area (Å²) in [5.41, 5.74) is 2.90. The second-order valence-corrected chi connectivity index (χ2v) is 7.11. The van der Waals surface area contributed by atoms with Crippen molar-refractivity contribution < 1.29 is 4.79 Å². The normalized spacial score (nSPS) is 10.9. The lowest BCUT2D eigenvalue weighted by Crippen LogP contribution is -2.33. The first-order valence-electron chi connectivity index (χ1n) is 8.63. The Morgan fingerprint density at radius 3 is 2.64 bits per heavy atom. The number of para-hydroxylation sites is 2. The Bertz CT molecular complexity index is 1160. The van der Waals surface area contributed by atoms with Gasteiger partial charge in [0.2, 0.25) is 5.91 Å². The SMILES string of the molecule is O=C(Cn1nc(-c2ccc(Br)cc2)ccc1=O)NCc1nc2ccccc2[nH]1. The molecule has 0 aliphatic carbocycles. The fourth-order valence-corrected chi connectivity index (χ4v) is 3.06. The Morgan fingerprint density at radius 2 is 1.86 bits per heavy atom. The van der Waals surface area contributed by atoms with Crippen molar-refractivity contribution in [3.63, 3.8) is 0 Å². The van der Waals surface area contributed by atoms with Crippen LogP contribution in [0.3, 0.4) is 0 Å². The van der Waals surface area contributed by atoms with Gasteiger partial charge in [0, 0.05) is 16.1 Å². The van der Waals surface area contributed by atoms with Gasteiger partial charge in [-0.1, -0.05) is 40.2 Å². The molecular formula is C20H16BrN5O2. The van der Waals surface area contributed by atoms with Gasteiger partial charge in [0.1, 0.15) is 12.4 Å². The number of fused-ring (bicyclic) bond motifs is 1. The summed E-state index contributed by atoms with van der Waals surface area (Å²) in [6, 6.07) is 18.3. The van der Waals surface area contributed by atoms with E-state index in [0.717, 1.165) is 25.8 Å². The summed E-state index contributed by atoms with van der Waals surface area (Å²) in [5.74, 6) is 0.335. The molecule has 0 saturated heterocycles. The second kappa shape index (κ2) is 7.77. The maximum atomic E-state index is 12.3. The zero-order valence-corrected chi connectivity index (χ0v) is 16.3. The lowest BCUT2D eigenvalue weighted by atomic mass is 10.1. The van der Waals surface area contributed by atoms with E-state index in [1.165, 1.54) is 6.07 Å². The molecule has 0 radical (unpaired) electrons. The predicted molar refractivity (Wildman–Crippen MR) is 110 cm³/mol. The van der Waals surface area contributed by atoms with E-state index in [1.807, 2.05) is 48.5 Å². The number of nitrogens with zero attached hydrogens (tertiary/aromatic N) is 3. The van der Waals surface area contributed by atoms with Crippen LogP contribution in [-0.4, -0.2) is 25.7 Å². The molecule has 0 bridgehead atoms. The number of aromatic amines is 1. The van der Waals surface area contributed by atoms with Gasteiger partial charge in [0.05, 0.1) is 23.3 Å². The molecule has 4 rings (SSSR count). The average Bonchev–Trinajstić information content (AvgIpc) is 3.12. The highest BCUT2D eigenvalue weighted by Crippen LogP contribution is 2.18. The predicted octanol–water partition coefficient (Wildman–Crippen LogP) is 2.87. The molecule has 28 heavy (non-hydrogen) atoms. The van der Waals surface area contributed by atoms with Crippen LogP contribution in [0.2, 0.25) is 0 Å². The van der Waals surface area contributed by atoms with E-state index in [2.05, 4.69) is 36.3 Å². The molecular weight excluding hydrogens is 422 g/mol. The summed E-state index contributed by atoms with van der Waals surface area (Å²) in [5, 5.41) is 7.07. The highest BCUT2D eigenvalue weighted by molar-refractivity contribution is 9.10. The summed E-state index contributed by atoms with van der Waals surface area (Å²) in [6.45, 7) is 0.0814. The number of imidazole rings is 1. The Labute approximate surface area is 168 Å². The van der Waals surface area contributed by atoms with E-state index in [-0.39, 0.29) is 24.6 Å². The zero-order chi connectivity index (χ0) is 19.5. The first-order chi connectivity index (χ1) is 13.6. The molecule has 2 aromatic carbocycles. The van der Waals surface area contributed by atoms with Gasteiger partial charge in [-0.15, -0.1) is 0 Å². The highest BCUT2D eigenvalue weighted by atomic mass is 79.9. The lowest BCUT2D eigenvalue weighted by Gasteiger charge is -2.08. The highest BCUT2D eigenvalue weighted by Gasteiger charge is 2.09. The number of hydrogen-bond acceptors (Lipinski definition) is 4. The quantitative estimate of drug-likeness (QED) is 0.501. The third-order valence-electron chi connectivity index (χ3n) is 4.19. The third-order valence-corrected chi connectivity index (χ3v) is 4.72.